The van der Waals surface area contributed by atoms with Crippen LogP contribution < -0.4 is 5.73 Å². The molecule has 0 atom stereocenters. The maximum absolute atomic E-state index is 12.4. The monoisotopic (exact) mass is 252 g/mol. The van der Waals surface area contributed by atoms with E-state index in [9.17, 15) is 4.79 Å². The number of thiophene rings is 1. The van der Waals surface area contributed by atoms with Crippen LogP contribution in [0, 0.1) is 0 Å². The fourth-order valence-electron chi connectivity index (χ4n) is 2.48. The Morgan fingerprint density at radius 1 is 1.47 bits per heavy atom. The Labute approximate surface area is 107 Å². The lowest BCUT2D eigenvalue weighted by molar-refractivity contribution is -0.137. The molecule has 1 amide bonds. The van der Waals surface area contributed by atoms with Crippen LogP contribution in [0.4, 0.5) is 0 Å². The van der Waals surface area contributed by atoms with Crippen molar-refractivity contribution in [1.29, 1.82) is 0 Å². The maximum atomic E-state index is 12.4. The van der Waals surface area contributed by atoms with Gasteiger partial charge in [-0.05, 0) is 24.3 Å². The number of hydrogen-bond acceptors (Lipinski definition) is 3. The molecule has 1 aromatic heterocycles. The van der Waals surface area contributed by atoms with Crippen LogP contribution in [0.25, 0.3) is 0 Å². The molecule has 94 valence electrons. The molecule has 1 fully saturated rings. The second-order valence-electron chi connectivity index (χ2n) is 4.96. The summed E-state index contributed by atoms with van der Waals surface area (Å²) in [6.07, 6.45) is 5.03. The third-order valence-electron chi connectivity index (χ3n) is 3.49. The standard InChI is InChI=1S/C13H20N2OS/c1-15(10-11-6-5-9-17-11)12(16)13(14)7-3-2-4-8-13/h5-6,9H,2-4,7-8,10,14H2,1H3. The predicted octanol–water partition coefficient (Wildman–Crippen LogP) is 2.37. The van der Waals surface area contributed by atoms with Gasteiger partial charge in [0.15, 0.2) is 0 Å². The zero-order valence-electron chi connectivity index (χ0n) is 10.3. The molecule has 2 rings (SSSR count). The summed E-state index contributed by atoms with van der Waals surface area (Å²) in [5, 5.41) is 2.03. The van der Waals surface area contributed by atoms with E-state index in [4.69, 9.17) is 5.73 Å². The first-order chi connectivity index (χ1) is 8.12. The van der Waals surface area contributed by atoms with Crippen molar-refractivity contribution in [3.05, 3.63) is 22.4 Å². The number of carbonyl (C=O) groups excluding carboxylic acids is 1. The van der Waals surface area contributed by atoms with Gasteiger partial charge in [0, 0.05) is 11.9 Å². The van der Waals surface area contributed by atoms with Crippen LogP contribution in [0.5, 0.6) is 0 Å². The van der Waals surface area contributed by atoms with E-state index in [0.717, 1.165) is 25.7 Å². The van der Waals surface area contributed by atoms with E-state index in [1.165, 1.54) is 11.3 Å². The molecule has 0 spiro atoms. The molecule has 17 heavy (non-hydrogen) atoms. The summed E-state index contributed by atoms with van der Waals surface area (Å²) in [4.78, 5) is 15.3. The number of amides is 1. The number of hydrogen-bond donors (Lipinski definition) is 1. The van der Waals surface area contributed by atoms with Crippen molar-refractivity contribution < 1.29 is 4.79 Å². The van der Waals surface area contributed by atoms with Crippen molar-refractivity contribution in [1.82, 2.24) is 4.90 Å². The van der Waals surface area contributed by atoms with E-state index in [0.29, 0.717) is 6.54 Å². The molecule has 2 N–H and O–H groups in total. The summed E-state index contributed by atoms with van der Waals surface area (Å²) in [6, 6.07) is 4.07. The second kappa shape index (κ2) is 5.19. The molecule has 4 heteroatoms. The number of rotatable bonds is 3. The van der Waals surface area contributed by atoms with E-state index in [-0.39, 0.29) is 5.91 Å². The highest BCUT2D eigenvalue weighted by atomic mass is 32.1. The number of nitrogens with zero attached hydrogens (tertiary/aromatic N) is 1. The van der Waals surface area contributed by atoms with Crippen LogP contribution in [0.2, 0.25) is 0 Å². The minimum atomic E-state index is -0.607. The van der Waals surface area contributed by atoms with Gasteiger partial charge in [-0.2, -0.15) is 0 Å². The van der Waals surface area contributed by atoms with Crippen molar-refractivity contribution in [3.63, 3.8) is 0 Å². The zero-order valence-corrected chi connectivity index (χ0v) is 11.1. The van der Waals surface area contributed by atoms with E-state index in [1.807, 2.05) is 18.5 Å². The van der Waals surface area contributed by atoms with Crippen LogP contribution in [0.3, 0.4) is 0 Å². The van der Waals surface area contributed by atoms with Crippen LogP contribution in [-0.2, 0) is 11.3 Å². The maximum Gasteiger partial charge on any atom is 0.242 e. The Morgan fingerprint density at radius 3 is 2.76 bits per heavy atom. The molecule has 1 aromatic rings. The average molecular weight is 252 g/mol. The van der Waals surface area contributed by atoms with Gasteiger partial charge in [-0.25, -0.2) is 0 Å². The highest BCUT2D eigenvalue weighted by Gasteiger charge is 2.37. The molecule has 0 saturated heterocycles. The van der Waals surface area contributed by atoms with Gasteiger partial charge in [0.05, 0.1) is 12.1 Å². The minimum absolute atomic E-state index is 0.102. The average Bonchev–Trinajstić information content (AvgIpc) is 2.81. The summed E-state index contributed by atoms with van der Waals surface area (Å²) in [5.41, 5.74) is 5.64. The van der Waals surface area contributed by atoms with Crippen LogP contribution >= 0.6 is 11.3 Å². The van der Waals surface area contributed by atoms with Gasteiger partial charge in [-0.15, -0.1) is 11.3 Å². The topological polar surface area (TPSA) is 46.3 Å². The lowest BCUT2D eigenvalue weighted by atomic mass is 9.81. The lowest BCUT2D eigenvalue weighted by Crippen LogP contribution is -2.55. The number of nitrogens with two attached hydrogens (primary N) is 1. The summed E-state index contributed by atoms with van der Waals surface area (Å²) in [7, 11) is 1.85. The summed E-state index contributed by atoms with van der Waals surface area (Å²) in [6.45, 7) is 0.676. The quantitative estimate of drug-likeness (QED) is 0.897. The molecule has 0 aliphatic heterocycles. The Morgan fingerprint density at radius 2 is 2.18 bits per heavy atom. The van der Waals surface area contributed by atoms with Crippen molar-refractivity contribution in [3.8, 4) is 0 Å². The first kappa shape index (κ1) is 12.6. The van der Waals surface area contributed by atoms with Crippen LogP contribution in [0.1, 0.15) is 37.0 Å². The van der Waals surface area contributed by atoms with Gasteiger partial charge in [0.2, 0.25) is 5.91 Å². The molecule has 1 heterocycles. The van der Waals surface area contributed by atoms with Crippen LogP contribution in [-0.4, -0.2) is 23.4 Å². The number of carbonyl (C=O) groups is 1. The highest BCUT2D eigenvalue weighted by Crippen LogP contribution is 2.28. The molecular formula is C13H20N2OS. The summed E-state index contributed by atoms with van der Waals surface area (Å²) < 4.78 is 0. The van der Waals surface area contributed by atoms with Gasteiger partial charge >= 0.3 is 0 Å². The predicted molar refractivity (Wildman–Crippen MR) is 70.8 cm³/mol. The molecule has 1 saturated carbocycles. The van der Waals surface area contributed by atoms with Crippen LogP contribution in [0.15, 0.2) is 17.5 Å². The zero-order chi connectivity index (χ0) is 12.3. The van der Waals surface area contributed by atoms with Gasteiger partial charge in [0.25, 0.3) is 0 Å². The largest absolute Gasteiger partial charge is 0.339 e. The van der Waals surface area contributed by atoms with E-state index in [2.05, 4.69) is 6.07 Å². The Kier molecular flexibility index (Phi) is 3.84. The van der Waals surface area contributed by atoms with Crippen molar-refractivity contribution in [2.24, 2.45) is 5.73 Å². The fraction of sp³-hybridized carbons (Fsp3) is 0.615. The minimum Gasteiger partial charge on any atom is -0.339 e. The molecule has 1 aliphatic carbocycles. The molecule has 0 aromatic carbocycles. The number of likely N-dealkylation sites (N-methyl/N-ethyl adjacent to an activating group) is 1. The molecular weight excluding hydrogens is 232 g/mol. The smallest absolute Gasteiger partial charge is 0.242 e. The molecule has 3 nitrogen and oxygen atoms in total. The van der Waals surface area contributed by atoms with Crippen molar-refractivity contribution in [2.45, 2.75) is 44.2 Å². The first-order valence-corrected chi connectivity index (χ1v) is 7.07. The molecule has 0 bridgehead atoms. The van der Waals surface area contributed by atoms with Gasteiger partial charge in [-0.3, -0.25) is 4.79 Å². The highest BCUT2D eigenvalue weighted by molar-refractivity contribution is 7.09. The Balaban J connectivity index is 1.98. The van der Waals surface area contributed by atoms with Crippen molar-refractivity contribution >= 4 is 17.2 Å². The van der Waals surface area contributed by atoms with Gasteiger partial charge in [-0.1, -0.05) is 25.3 Å². The van der Waals surface area contributed by atoms with Crippen molar-refractivity contribution in [2.75, 3.05) is 7.05 Å². The SMILES string of the molecule is CN(Cc1cccs1)C(=O)C1(N)CCCCC1. The Bertz CT molecular complexity index is 369. The summed E-state index contributed by atoms with van der Waals surface area (Å²) in [5.74, 6) is 0.102. The Hall–Kier alpha value is -0.870. The molecule has 0 radical (unpaired) electrons. The lowest BCUT2D eigenvalue weighted by Gasteiger charge is -2.35. The molecule has 1 aliphatic rings. The normalized spacial score (nSPS) is 18.9. The van der Waals surface area contributed by atoms with E-state index < -0.39 is 5.54 Å². The summed E-state index contributed by atoms with van der Waals surface area (Å²) >= 11 is 1.68. The third kappa shape index (κ3) is 2.87. The van der Waals surface area contributed by atoms with Gasteiger partial charge in [0.1, 0.15) is 0 Å². The first-order valence-electron chi connectivity index (χ1n) is 6.19. The third-order valence-corrected chi connectivity index (χ3v) is 4.35. The second-order valence-corrected chi connectivity index (χ2v) is 5.99. The van der Waals surface area contributed by atoms with E-state index >= 15 is 0 Å². The molecule has 0 unspecified atom stereocenters. The fourth-order valence-corrected chi connectivity index (χ4v) is 3.24. The van der Waals surface area contributed by atoms with E-state index in [1.54, 1.807) is 16.2 Å². The van der Waals surface area contributed by atoms with Gasteiger partial charge < -0.3 is 10.6 Å².